The number of aromatic amines is 2. The maximum atomic E-state index is 11.4. The lowest BCUT2D eigenvalue weighted by Crippen LogP contribution is -2.22. The van der Waals surface area contributed by atoms with E-state index < -0.39 is 23.6 Å². The van der Waals surface area contributed by atoms with Crippen LogP contribution in [0.15, 0.2) is 46.0 Å². The average molecular weight is 470 g/mol. The predicted molar refractivity (Wildman–Crippen MR) is 121 cm³/mol. The summed E-state index contributed by atoms with van der Waals surface area (Å²) in [7, 11) is 0. The van der Waals surface area contributed by atoms with Gasteiger partial charge >= 0.3 is 23.6 Å². The topological polar surface area (TPSA) is 208 Å². The molecule has 0 saturated heterocycles. The number of hydrogen-bond donors (Lipinski definition) is 6. The maximum absolute atomic E-state index is 11.4. The van der Waals surface area contributed by atoms with Crippen molar-refractivity contribution < 1.29 is 29.4 Å². The van der Waals surface area contributed by atoms with E-state index in [1.807, 2.05) is 0 Å². The molecule has 2 heterocycles. The van der Waals surface area contributed by atoms with E-state index in [2.05, 4.69) is 20.6 Å². The number of carbonyl (C=O) groups is 4. The monoisotopic (exact) mass is 470 g/mol. The number of imidazole rings is 2. The number of amides is 2. The Morgan fingerprint density at radius 2 is 1.06 bits per heavy atom. The van der Waals surface area contributed by atoms with Crippen LogP contribution in [-0.2, 0) is 9.59 Å². The van der Waals surface area contributed by atoms with E-state index in [1.54, 1.807) is 12.1 Å². The van der Waals surface area contributed by atoms with Crippen molar-refractivity contribution in [2.24, 2.45) is 0 Å². The van der Waals surface area contributed by atoms with Crippen LogP contribution in [-0.4, -0.2) is 53.3 Å². The molecule has 0 aliphatic carbocycles. The Morgan fingerprint density at radius 3 is 1.35 bits per heavy atom. The molecule has 0 fully saturated rings. The molecule has 0 saturated carbocycles. The van der Waals surface area contributed by atoms with E-state index >= 15 is 0 Å². The lowest BCUT2D eigenvalue weighted by molar-refractivity contribution is -0.115. The summed E-state index contributed by atoms with van der Waals surface area (Å²) in [5.41, 5.74) is 0.596. The number of nitrogens with one attached hydrogen (secondary N) is 4. The summed E-state index contributed by atoms with van der Waals surface area (Å²) in [6.45, 7) is 2.68. The molecule has 6 N–H and O–H groups in total. The molecule has 0 unspecified atom stereocenters. The standard InChI is InChI=1S/2C10H9N3O4/c2*1-5(14)11-6-2-3-7-8(4-6)13(10(16)17)9(15)12-7/h2*2-4H,1H3,(H,11,14)(H,12,15)(H,16,17). The predicted octanol–water partition coefficient (Wildman–Crippen LogP) is 1.63. The van der Waals surface area contributed by atoms with Crippen LogP contribution in [0, 0.1) is 0 Å². The van der Waals surface area contributed by atoms with E-state index in [0.29, 0.717) is 31.5 Å². The smallest absolute Gasteiger partial charge is 0.420 e. The van der Waals surface area contributed by atoms with Gasteiger partial charge in [-0.1, -0.05) is 0 Å². The summed E-state index contributed by atoms with van der Waals surface area (Å²) in [5, 5.41) is 22.8. The molecule has 0 aliphatic heterocycles. The first-order valence-electron chi connectivity index (χ1n) is 9.49. The molecule has 2 aromatic carbocycles. The van der Waals surface area contributed by atoms with E-state index in [9.17, 15) is 28.8 Å². The van der Waals surface area contributed by atoms with E-state index in [0.717, 1.165) is 0 Å². The first kappa shape index (κ1) is 23.5. The number of carbonyl (C=O) groups excluding carboxylic acids is 2. The van der Waals surface area contributed by atoms with Crippen molar-refractivity contribution >= 4 is 57.4 Å². The highest BCUT2D eigenvalue weighted by atomic mass is 16.4. The molecule has 0 spiro atoms. The maximum Gasteiger partial charge on any atom is 0.420 e. The summed E-state index contributed by atoms with van der Waals surface area (Å²) < 4.78 is 1.17. The van der Waals surface area contributed by atoms with E-state index in [1.165, 1.54) is 38.1 Å². The fourth-order valence-electron chi connectivity index (χ4n) is 3.15. The SMILES string of the molecule is CC(=O)Nc1ccc2[nH]c(=O)n(C(=O)O)c2c1.CC(=O)Nc1ccc2[nH]c(=O)n(C(=O)O)c2c1. The minimum atomic E-state index is -1.37. The largest absolute Gasteiger partial charge is 0.464 e. The van der Waals surface area contributed by atoms with Crippen LogP contribution >= 0.6 is 0 Å². The number of rotatable bonds is 2. The average Bonchev–Trinajstić information content (AvgIpc) is 3.22. The van der Waals surface area contributed by atoms with Gasteiger partial charge in [-0.25, -0.2) is 19.2 Å². The second-order valence-corrected chi connectivity index (χ2v) is 6.92. The van der Waals surface area contributed by atoms with Crippen LogP contribution in [0.3, 0.4) is 0 Å². The van der Waals surface area contributed by atoms with Crippen LogP contribution < -0.4 is 22.0 Å². The van der Waals surface area contributed by atoms with Crippen molar-refractivity contribution in [2.75, 3.05) is 10.6 Å². The molecule has 2 aromatic heterocycles. The first-order chi connectivity index (χ1) is 16.0. The minimum Gasteiger partial charge on any atom is -0.464 e. The molecule has 0 aliphatic rings. The Kier molecular flexibility index (Phi) is 6.33. The van der Waals surface area contributed by atoms with Gasteiger partial charge in [-0.05, 0) is 36.4 Å². The van der Waals surface area contributed by atoms with Crippen molar-refractivity contribution in [3.8, 4) is 0 Å². The number of aromatic nitrogens is 4. The summed E-state index contributed by atoms with van der Waals surface area (Å²) in [6, 6.07) is 9.05. The quantitative estimate of drug-likeness (QED) is 0.253. The van der Waals surface area contributed by atoms with E-state index in [-0.39, 0.29) is 22.8 Å². The highest BCUT2D eigenvalue weighted by Crippen LogP contribution is 2.17. The van der Waals surface area contributed by atoms with Gasteiger partial charge < -0.3 is 30.8 Å². The molecule has 4 rings (SSSR count). The second-order valence-electron chi connectivity index (χ2n) is 6.92. The molecule has 0 radical (unpaired) electrons. The van der Waals surface area contributed by atoms with Crippen molar-refractivity contribution in [1.29, 1.82) is 0 Å². The molecule has 0 atom stereocenters. The first-order valence-corrected chi connectivity index (χ1v) is 9.49. The number of fused-ring (bicyclic) bond motifs is 2. The van der Waals surface area contributed by atoms with Crippen molar-refractivity contribution in [3.63, 3.8) is 0 Å². The zero-order valence-electron chi connectivity index (χ0n) is 17.7. The number of anilines is 2. The Morgan fingerprint density at radius 1 is 0.706 bits per heavy atom. The number of H-pyrrole nitrogens is 2. The lowest BCUT2D eigenvalue weighted by Gasteiger charge is -2.02. The lowest BCUT2D eigenvalue weighted by atomic mass is 10.2. The summed E-state index contributed by atoms with van der Waals surface area (Å²) >= 11 is 0. The van der Waals surface area contributed by atoms with Gasteiger partial charge in [0.05, 0.1) is 22.1 Å². The van der Waals surface area contributed by atoms with Crippen molar-refractivity contribution in [2.45, 2.75) is 13.8 Å². The fraction of sp³-hybridized carbons (Fsp3) is 0.100. The Labute approximate surface area is 188 Å². The number of carboxylic acid groups (broad SMARTS) is 2. The van der Waals surface area contributed by atoms with Gasteiger partial charge in [-0.15, -0.1) is 0 Å². The number of benzene rings is 2. The van der Waals surface area contributed by atoms with Crippen LogP contribution in [0.4, 0.5) is 21.0 Å². The van der Waals surface area contributed by atoms with Crippen LogP contribution in [0.2, 0.25) is 0 Å². The minimum absolute atomic E-state index is 0.203. The van der Waals surface area contributed by atoms with Crippen molar-refractivity contribution in [1.82, 2.24) is 19.1 Å². The zero-order valence-corrected chi connectivity index (χ0v) is 17.7. The molecule has 2 amide bonds. The molecular formula is C20H18N6O8. The Hall–Kier alpha value is -5.14. The summed E-state index contributed by atoms with van der Waals surface area (Å²) in [5.74, 6) is -0.548. The van der Waals surface area contributed by atoms with Gasteiger partial charge in [0.25, 0.3) is 0 Å². The second kappa shape index (κ2) is 9.15. The molecule has 0 bridgehead atoms. The van der Waals surface area contributed by atoms with E-state index in [4.69, 9.17) is 10.2 Å². The molecule has 34 heavy (non-hydrogen) atoms. The number of nitrogens with zero attached hydrogens (tertiary/aromatic N) is 2. The molecular weight excluding hydrogens is 452 g/mol. The van der Waals surface area contributed by atoms with Gasteiger partial charge in [-0.3, -0.25) is 9.59 Å². The third kappa shape index (κ3) is 4.85. The third-order valence-electron chi connectivity index (χ3n) is 4.39. The highest BCUT2D eigenvalue weighted by molar-refractivity contribution is 5.94. The molecule has 176 valence electrons. The van der Waals surface area contributed by atoms with Gasteiger partial charge in [0.1, 0.15) is 0 Å². The van der Waals surface area contributed by atoms with Crippen LogP contribution in [0.25, 0.3) is 22.1 Å². The third-order valence-corrected chi connectivity index (χ3v) is 4.39. The zero-order chi connectivity index (χ0) is 25.2. The van der Waals surface area contributed by atoms with Gasteiger partial charge in [0, 0.05) is 25.2 Å². The van der Waals surface area contributed by atoms with Crippen LogP contribution in [0.5, 0.6) is 0 Å². The van der Waals surface area contributed by atoms with Crippen molar-refractivity contribution in [3.05, 3.63) is 57.4 Å². The normalized spacial score (nSPS) is 10.4. The van der Waals surface area contributed by atoms with Crippen LogP contribution in [0.1, 0.15) is 13.8 Å². The molecule has 14 nitrogen and oxygen atoms in total. The molecule has 4 aromatic rings. The number of hydrogen-bond acceptors (Lipinski definition) is 6. The Balaban J connectivity index is 0.000000191. The highest BCUT2D eigenvalue weighted by Gasteiger charge is 2.14. The van der Waals surface area contributed by atoms with Gasteiger partial charge in [-0.2, -0.15) is 9.13 Å². The Bertz CT molecular complexity index is 1450. The molecule has 14 heteroatoms. The fourth-order valence-corrected chi connectivity index (χ4v) is 3.15. The van der Waals surface area contributed by atoms with Gasteiger partial charge in [0.15, 0.2) is 0 Å². The summed E-state index contributed by atoms with van der Waals surface area (Å²) in [6.07, 6.45) is -2.75. The van der Waals surface area contributed by atoms with Gasteiger partial charge in [0.2, 0.25) is 11.8 Å². The summed E-state index contributed by atoms with van der Waals surface area (Å²) in [4.78, 5) is 71.0.